The summed E-state index contributed by atoms with van der Waals surface area (Å²) in [5.41, 5.74) is 3.11. The molecular weight excluding hydrogens is 330 g/mol. The summed E-state index contributed by atoms with van der Waals surface area (Å²) in [6.07, 6.45) is 5.61. The zero-order valence-corrected chi connectivity index (χ0v) is 14.9. The van der Waals surface area contributed by atoms with Gasteiger partial charge in [-0.15, -0.1) is 0 Å². The molecule has 1 saturated heterocycles. The number of methoxy groups -OCH3 is 1. The number of amides is 2. The highest BCUT2D eigenvalue weighted by atomic mass is 16.5. The van der Waals surface area contributed by atoms with E-state index in [1.807, 2.05) is 36.4 Å². The summed E-state index contributed by atoms with van der Waals surface area (Å²) in [7, 11) is 1.59. The van der Waals surface area contributed by atoms with Gasteiger partial charge in [-0.1, -0.05) is 43.2 Å². The first-order valence-electron chi connectivity index (χ1n) is 8.89. The highest BCUT2D eigenvalue weighted by Crippen LogP contribution is 2.26. The number of likely N-dealkylation sites (tertiary alicyclic amines) is 1. The summed E-state index contributed by atoms with van der Waals surface area (Å²) in [6.45, 7) is 1.26. The molecule has 1 heterocycles. The van der Waals surface area contributed by atoms with Crippen LogP contribution >= 0.6 is 0 Å². The number of nitrogens with zero attached hydrogens (tertiary/aromatic N) is 2. The third kappa shape index (κ3) is 4.02. The zero-order valence-electron chi connectivity index (χ0n) is 14.9. The molecule has 136 valence electrons. The van der Waals surface area contributed by atoms with Crippen LogP contribution in [-0.2, 0) is 9.59 Å². The normalized spacial score (nSPS) is 15.0. The molecule has 2 amide bonds. The van der Waals surface area contributed by atoms with Gasteiger partial charge in [0.15, 0.2) is 0 Å². The van der Waals surface area contributed by atoms with Gasteiger partial charge >= 0.3 is 11.8 Å². The third-order valence-corrected chi connectivity index (χ3v) is 4.60. The van der Waals surface area contributed by atoms with E-state index in [0.717, 1.165) is 42.0 Å². The van der Waals surface area contributed by atoms with Gasteiger partial charge in [0.1, 0.15) is 5.75 Å². The quantitative estimate of drug-likeness (QED) is 0.524. The molecule has 0 aliphatic carbocycles. The highest BCUT2D eigenvalue weighted by molar-refractivity contribution is 6.35. The van der Waals surface area contributed by atoms with Crippen LogP contribution in [0.5, 0.6) is 5.75 Å². The summed E-state index contributed by atoms with van der Waals surface area (Å²) in [5.74, 6) is -0.572. The maximum Gasteiger partial charge on any atom is 0.329 e. The Hall–Kier alpha value is -2.89. The predicted molar refractivity (Wildman–Crippen MR) is 101 cm³/mol. The van der Waals surface area contributed by atoms with E-state index in [1.165, 1.54) is 6.21 Å². The first kappa shape index (κ1) is 17.9. The Morgan fingerprint density at radius 3 is 2.54 bits per heavy atom. The van der Waals surface area contributed by atoms with Crippen LogP contribution in [0.15, 0.2) is 41.5 Å². The molecule has 26 heavy (non-hydrogen) atoms. The maximum atomic E-state index is 12.2. The van der Waals surface area contributed by atoms with Crippen molar-refractivity contribution in [3.63, 3.8) is 0 Å². The topological polar surface area (TPSA) is 71.0 Å². The molecule has 3 rings (SSSR count). The van der Waals surface area contributed by atoms with Gasteiger partial charge in [0, 0.05) is 18.7 Å². The second kappa shape index (κ2) is 8.47. The van der Waals surface area contributed by atoms with Crippen molar-refractivity contribution in [2.24, 2.45) is 5.10 Å². The van der Waals surface area contributed by atoms with Crippen molar-refractivity contribution in [1.82, 2.24) is 10.3 Å². The summed E-state index contributed by atoms with van der Waals surface area (Å²) >= 11 is 0. The van der Waals surface area contributed by atoms with Gasteiger partial charge in [-0.2, -0.15) is 5.10 Å². The Balaban J connectivity index is 1.73. The number of carbonyl (C=O) groups is 2. The molecular formula is C20H23N3O3. The average molecular weight is 353 g/mol. The fourth-order valence-corrected chi connectivity index (χ4v) is 3.21. The van der Waals surface area contributed by atoms with Crippen molar-refractivity contribution >= 4 is 28.8 Å². The number of hydrogen-bond donors (Lipinski definition) is 1. The van der Waals surface area contributed by atoms with Crippen LogP contribution in [0.3, 0.4) is 0 Å². The number of benzene rings is 2. The lowest BCUT2D eigenvalue weighted by atomic mass is 10.0. The minimum Gasteiger partial charge on any atom is -0.496 e. The van der Waals surface area contributed by atoms with Gasteiger partial charge in [-0.05, 0) is 29.7 Å². The van der Waals surface area contributed by atoms with Crippen LogP contribution in [0.2, 0.25) is 0 Å². The summed E-state index contributed by atoms with van der Waals surface area (Å²) in [6, 6.07) is 11.7. The number of nitrogens with one attached hydrogen (secondary N) is 1. The molecule has 6 heteroatoms. The van der Waals surface area contributed by atoms with E-state index in [-0.39, 0.29) is 0 Å². The second-order valence-electron chi connectivity index (χ2n) is 6.31. The smallest absolute Gasteiger partial charge is 0.329 e. The Kier molecular flexibility index (Phi) is 5.84. The average Bonchev–Trinajstić information content (AvgIpc) is 2.96. The molecule has 0 bridgehead atoms. The molecule has 0 aromatic heterocycles. The molecule has 1 N–H and O–H groups in total. The minimum absolute atomic E-state index is 0.520. The van der Waals surface area contributed by atoms with E-state index in [4.69, 9.17) is 4.74 Å². The van der Waals surface area contributed by atoms with E-state index in [2.05, 4.69) is 10.5 Å². The fourth-order valence-electron chi connectivity index (χ4n) is 3.21. The molecule has 0 spiro atoms. The summed E-state index contributed by atoms with van der Waals surface area (Å²) in [5, 5.41) is 5.99. The Morgan fingerprint density at radius 1 is 1.08 bits per heavy atom. The van der Waals surface area contributed by atoms with Crippen molar-refractivity contribution in [3.05, 3.63) is 42.0 Å². The van der Waals surface area contributed by atoms with Gasteiger partial charge < -0.3 is 9.64 Å². The van der Waals surface area contributed by atoms with Crippen molar-refractivity contribution in [2.45, 2.75) is 25.7 Å². The van der Waals surface area contributed by atoms with Crippen LogP contribution in [-0.4, -0.2) is 43.1 Å². The number of carbonyl (C=O) groups excluding carboxylic acids is 2. The van der Waals surface area contributed by atoms with Crippen molar-refractivity contribution in [2.75, 3.05) is 20.2 Å². The largest absolute Gasteiger partial charge is 0.496 e. The molecule has 1 aliphatic rings. The second-order valence-corrected chi connectivity index (χ2v) is 6.31. The maximum absolute atomic E-state index is 12.2. The first-order chi connectivity index (χ1) is 12.7. The SMILES string of the molecule is COc1ccc2ccccc2c1/C=N\NC(=O)C(=O)N1CCCCCC1. The Labute approximate surface area is 152 Å². The zero-order chi connectivity index (χ0) is 18.4. The molecule has 0 saturated carbocycles. The van der Waals surface area contributed by atoms with Gasteiger partial charge in [-0.25, -0.2) is 5.43 Å². The van der Waals surface area contributed by atoms with E-state index < -0.39 is 11.8 Å². The monoisotopic (exact) mass is 353 g/mol. The van der Waals surface area contributed by atoms with Crippen LogP contribution in [0.1, 0.15) is 31.2 Å². The van der Waals surface area contributed by atoms with Crippen LogP contribution in [0.4, 0.5) is 0 Å². The number of rotatable bonds is 3. The first-order valence-corrected chi connectivity index (χ1v) is 8.89. The van der Waals surface area contributed by atoms with E-state index in [0.29, 0.717) is 18.8 Å². The molecule has 1 aliphatic heterocycles. The van der Waals surface area contributed by atoms with Gasteiger partial charge in [0.05, 0.1) is 13.3 Å². The summed E-state index contributed by atoms with van der Waals surface area (Å²) in [4.78, 5) is 26.0. The predicted octanol–water partition coefficient (Wildman–Crippen LogP) is 2.70. The fraction of sp³-hybridized carbons (Fsp3) is 0.350. The highest BCUT2D eigenvalue weighted by Gasteiger charge is 2.22. The number of ether oxygens (including phenoxy) is 1. The number of fused-ring (bicyclic) bond motifs is 1. The minimum atomic E-state index is -0.706. The van der Waals surface area contributed by atoms with Crippen molar-refractivity contribution in [3.8, 4) is 5.75 Å². The van der Waals surface area contributed by atoms with Gasteiger partial charge in [0.2, 0.25) is 0 Å². The molecule has 0 unspecified atom stereocenters. The molecule has 6 nitrogen and oxygen atoms in total. The van der Waals surface area contributed by atoms with E-state index >= 15 is 0 Å². The van der Waals surface area contributed by atoms with E-state index in [1.54, 1.807) is 12.0 Å². The lowest BCUT2D eigenvalue weighted by Gasteiger charge is -2.18. The number of hydrogen-bond acceptors (Lipinski definition) is 4. The lowest BCUT2D eigenvalue weighted by Crippen LogP contribution is -2.41. The molecule has 2 aromatic rings. The molecule has 2 aromatic carbocycles. The number of hydrazone groups is 1. The molecule has 0 radical (unpaired) electrons. The van der Waals surface area contributed by atoms with Crippen LogP contribution in [0.25, 0.3) is 10.8 Å². The van der Waals surface area contributed by atoms with Crippen molar-refractivity contribution in [1.29, 1.82) is 0 Å². The van der Waals surface area contributed by atoms with Gasteiger partial charge in [-0.3, -0.25) is 9.59 Å². The van der Waals surface area contributed by atoms with Crippen molar-refractivity contribution < 1.29 is 14.3 Å². The lowest BCUT2D eigenvalue weighted by molar-refractivity contribution is -0.145. The third-order valence-electron chi connectivity index (χ3n) is 4.60. The summed E-state index contributed by atoms with van der Waals surface area (Å²) < 4.78 is 5.39. The van der Waals surface area contributed by atoms with Crippen LogP contribution < -0.4 is 10.2 Å². The standard InChI is InChI=1S/C20H23N3O3/c1-26-18-11-10-15-8-4-5-9-16(15)17(18)14-21-22-19(24)20(25)23-12-6-2-3-7-13-23/h4-5,8-11,14H,2-3,6-7,12-13H2,1H3,(H,22,24)/b21-14-. The Bertz CT molecular complexity index is 824. The van der Waals surface area contributed by atoms with Gasteiger partial charge in [0.25, 0.3) is 0 Å². The Morgan fingerprint density at radius 2 is 1.81 bits per heavy atom. The molecule has 1 fully saturated rings. The van der Waals surface area contributed by atoms with Crippen LogP contribution in [0, 0.1) is 0 Å². The molecule has 0 atom stereocenters. The van der Waals surface area contributed by atoms with E-state index in [9.17, 15) is 9.59 Å².